The van der Waals surface area contributed by atoms with E-state index in [2.05, 4.69) is 4.72 Å². The van der Waals surface area contributed by atoms with Gasteiger partial charge >= 0.3 is 0 Å². The summed E-state index contributed by atoms with van der Waals surface area (Å²) >= 11 is 5.95. The zero-order valence-corrected chi connectivity index (χ0v) is 14.2. The van der Waals surface area contributed by atoms with E-state index in [0.717, 1.165) is 11.1 Å². The van der Waals surface area contributed by atoms with Crippen LogP contribution in [0.3, 0.4) is 0 Å². The highest BCUT2D eigenvalue weighted by Crippen LogP contribution is 2.26. The van der Waals surface area contributed by atoms with Crippen molar-refractivity contribution in [2.45, 2.75) is 24.8 Å². The average Bonchev–Trinajstić information content (AvgIpc) is 2.46. The number of methoxy groups -OCH3 is 1. The van der Waals surface area contributed by atoms with Crippen LogP contribution < -0.4 is 9.46 Å². The quantitative estimate of drug-likeness (QED) is 0.903. The fraction of sp³-hybridized carbons (Fsp3) is 0.250. The van der Waals surface area contributed by atoms with E-state index < -0.39 is 16.1 Å². The molecular weight excluding hydrogens is 322 g/mol. The van der Waals surface area contributed by atoms with Crippen LogP contribution in [0.5, 0.6) is 5.75 Å². The van der Waals surface area contributed by atoms with Gasteiger partial charge in [0.05, 0.1) is 7.11 Å². The summed E-state index contributed by atoms with van der Waals surface area (Å²) in [6.07, 6.45) is 0. The number of aryl methyl sites for hydroxylation is 1. The van der Waals surface area contributed by atoms with Crippen LogP contribution in [0, 0.1) is 6.92 Å². The van der Waals surface area contributed by atoms with Crippen LogP contribution in [0.4, 0.5) is 0 Å². The molecule has 2 rings (SSSR count). The minimum atomic E-state index is -3.70. The molecular formula is C16H18ClNO3S. The van der Waals surface area contributed by atoms with Crippen LogP contribution in [-0.4, -0.2) is 15.5 Å². The first-order valence-electron chi connectivity index (χ1n) is 6.76. The molecule has 0 aliphatic carbocycles. The van der Waals surface area contributed by atoms with Crippen molar-refractivity contribution < 1.29 is 13.2 Å². The summed E-state index contributed by atoms with van der Waals surface area (Å²) < 4.78 is 33.0. The van der Waals surface area contributed by atoms with Crippen LogP contribution in [0.15, 0.2) is 47.4 Å². The molecule has 0 bridgehead atoms. The maximum atomic E-state index is 12.6. The van der Waals surface area contributed by atoms with E-state index in [1.54, 1.807) is 43.3 Å². The van der Waals surface area contributed by atoms with Crippen molar-refractivity contribution in [2.75, 3.05) is 7.11 Å². The van der Waals surface area contributed by atoms with Crippen molar-refractivity contribution in [1.82, 2.24) is 4.72 Å². The van der Waals surface area contributed by atoms with Gasteiger partial charge in [-0.15, -0.1) is 0 Å². The van der Waals surface area contributed by atoms with Crippen molar-refractivity contribution in [2.24, 2.45) is 0 Å². The van der Waals surface area contributed by atoms with Crippen LogP contribution in [0.2, 0.25) is 5.02 Å². The van der Waals surface area contributed by atoms with Crippen LogP contribution in [0.1, 0.15) is 24.1 Å². The molecule has 22 heavy (non-hydrogen) atoms. The fourth-order valence-corrected chi connectivity index (χ4v) is 3.82. The van der Waals surface area contributed by atoms with Gasteiger partial charge in [-0.2, -0.15) is 0 Å². The molecule has 0 saturated carbocycles. The zero-order chi connectivity index (χ0) is 16.3. The van der Waals surface area contributed by atoms with Crippen LogP contribution >= 0.6 is 11.6 Å². The number of sulfonamides is 1. The molecule has 1 N–H and O–H groups in total. The summed E-state index contributed by atoms with van der Waals surface area (Å²) in [7, 11) is -2.26. The molecule has 0 aromatic heterocycles. The van der Waals surface area contributed by atoms with Crippen molar-refractivity contribution in [1.29, 1.82) is 0 Å². The monoisotopic (exact) mass is 339 g/mol. The molecule has 0 unspecified atom stereocenters. The van der Waals surface area contributed by atoms with E-state index in [4.69, 9.17) is 16.3 Å². The predicted molar refractivity (Wildman–Crippen MR) is 87.9 cm³/mol. The predicted octanol–water partition coefficient (Wildman–Crippen LogP) is 3.70. The zero-order valence-electron chi connectivity index (χ0n) is 12.6. The lowest BCUT2D eigenvalue weighted by Gasteiger charge is -2.17. The fourth-order valence-electron chi connectivity index (χ4n) is 2.13. The topological polar surface area (TPSA) is 55.4 Å². The lowest BCUT2D eigenvalue weighted by Crippen LogP contribution is -2.27. The second-order valence-corrected chi connectivity index (χ2v) is 7.17. The third-order valence-electron chi connectivity index (χ3n) is 3.29. The minimum absolute atomic E-state index is 0.129. The summed E-state index contributed by atoms with van der Waals surface area (Å²) in [6.45, 7) is 3.60. The van der Waals surface area contributed by atoms with Gasteiger partial charge in [0.25, 0.3) is 0 Å². The molecule has 0 heterocycles. The molecule has 0 aliphatic heterocycles. The van der Waals surface area contributed by atoms with E-state index in [1.165, 1.54) is 7.11 Å². The number of hydrogen-bond acceptors (Lipinski definition) is 3. The Morgan fingerprint density at radius 1 is 1.18 bits per heavy atom. The summed E-state index contributed by atoms with van der Waals surface area (Å²) in [4.78, 5) is 0.129. The Morgan fingerprint density at radius 2 is 1.91 bits per heavy atom. The summed E-state index contributed by atoms with van der Waals surface area (Å²) in [5.41, 5.74) is 1.64. The normalized spacial score (nSPS) is 12.9. The molecule has 0 amide bonds. The van der Waals surface area contributed by atoms with E-state index in [1.807, 2.05) is 13.0 Å². The maximum Gasteiger partial charge on any atom is 0.244 e. The largest absolute Gasteiger partial charge is 0.495 e. The molecule has 2 aromatic rings. The third-order valence-corrected chi connectivity index (χ3v) is 5.09. The summed E-state index contributed by atoms with van der Waals surface area (Å²) in [5.74, 6) is 0.316. The van der Waals surface area contributed by atoms with Crippen molar-refractivity contribution in [3.8, 4) is 5.75 Å². The number of ether oxygens (including phenoxy) is 1. The van der Waals surface area contributed by atoms with Gasteiger partial charge in [-0.05, 0) is 49.2 Å². The highest BCUT2D eigenvalue weighted by molar-refractivity contribution is 7.89. The SMILES string of the molecule is COc1ccc(C)cc1S(=O)(=O)N[C@H](C)c1cccc(Cl)c1. The molecule has 4 nitrogen and oxygen atoms in total. The Bertz CT molecular complexity index is 775. The number of hydrogen-bond donors (Lipinski definition) is 1. The number of halogens is 1. The van der Waals surface area contributed by atoms with Gasteiger partial charge in [-0.25, -0.2) is 13.1 Å². The second-order valence-electron chi connectivity index (χ2n) is 5.05. The average molecular weight is 340 g/mol. The maximum absolute atomic E-state index is 12.6. The Labute approximate surface area is 136 Å². The van der Waals surface area contributed by atoms with E-state index in [9.17, 15) is 8.42 Å². The van der Waals surface area contributed by atoms with Crippen LogP contribution in [0.25, 0.3) is 0 Å². The molecule has 1 atom stereocenters. The van der Waals surface area contributed by atoms with Gasteiger partial charge in [0.1, 0.15) is 10.6 Å². The van der Waals surface area contributed by atoms with Crippen LogP contribution in [-0.2, 0) is 10.0 Å². The molecule has 2 aromatic carbocycles. The van der Waals surface area contributed by atoms with Crippen molar-refractivity contribution in [3.05, 3.63) is 58.6 Å². The van der Waals surface area contributed by atoms with E-state index in [-0.39, 0.29) is 4.90 Å². The van der Waals surface area contributed by atoms with Gasteiger partial charge in [-0.3, -0.25) is 0 Å². The Kier molecular flexibility index (Phi) is 5.11. The Balaban J connectivity index is 2.33. The number of rotatable bonds is 5. The van der Waals surface area contributed by atoms with E-state index in [0.29, 0.717) is 10.8 Å². The highest BCUT2D eigenvalue weighted by Gasteiger charge is 2.22. The van der Waals surface area contributed by atoms with Gasteiger partial charge in [0.15, 0.2) is 0 Å². The molecule has 0 aliphatic rings. The molecule has 6 heteroatoms. The highest BCUT2D eigenvalue weighted by atomic mass is 35.5. The Morgan fingerprint density at radius 3 is 2.55 bits per heavy atom. The first kappa shape index (κ1) is 16.8. The lowest BCUT2D eigenvalue weighted by molar-refractivity contribution is 0.402. The van der Waals surface area contributed by atoms with E-state index >= 15 is 0 Å². The first-order chi connectivity index (χ1) is 10.3. The number of nitrogens with one attached hydrogen (secondary N) is 1. The third kappa shape index (κ3) is 3.80. The van der Waals surface area contributed by atoms with Gasteiger partial charge < -0.3 is 4.74 Å². The molecule has 0 saturated heterocycles. The first-order valence-corrected chi connectivity index (χ1v) is 8.62. The van der Waals surface area contributed by atoms with Crippen molar-refractivity contribution in [3.63, 3.8) is 0 Å². The molecule has 0 fully saturated rings. The van der Waals surface area contributed by atoms with Crippen molar-refractivity contribution >= 4 is 21.6 Å². The smallest absolute Gasteiger partial charge is 0.244 e. The Hall–Kier alpha value is -1.56. The molecule has 0 radical (unpaired) electrons. The van der Waals surface area contributed by atoms with Gasteiger partial charge in [0.2, 0.25) is 10.0 Å². The molecule has 0 spiro atoms. The molecule has 118 valence electrons. The summed E-state index contributed by atoms with van der Waals surface area (Å²) in [6, 6.07) is 11.7. The number of benzene rings is 2. The van der Waals surface area contributed by atoms with Gasteiger partial charge in [-0.1, -0.05) is 29.8 Å². The second kappa shape index (κ2) is 6.69. The van der Waals surface area contributed by atoms with Gasteiger partial charge in [0, 0.05) is 11.1 Å². The summed E-state index contributed by atoms with van der Waals surface area (Å²) in [5, 5.41) is 0.566. The lowest BCUT2D eigenvalue weighted by atomic mass is 10.1. The standard InChI is InChI=1S/C16H18ClNO3S/c1-11-7-8-15(21-3)16(9-11)22(19,20)18-12(2)13-5-4-6-14(17)10-13/h4-10,12,18H,1-3H3/t12-/m1/s1. The minimum Gasteiger partial charge on any atom is -0.495 e.